The summed E-state index contributed by atoms with van der Waals surface area (Å²) in [6.45, 7) is 10.0. The van der Waals surface area contributed by atoms with Crippen LogP contribution < -0.4 is 4.90 Å². The summed E-state index contributed by atoms with van der Waals surface area (Å²) in [6, 6.07) is 7.10. The van der Waals surface area contributed by atoms with E-state index in [1.165, 1.54) is 4.31 Å². The second-order valence-corrected chi connectivity index (χ2v) is 9.75. The molecule has 0 aliphatic carbocycles. The SMILES string of the molecule is Cc1nn(C[NH+]2CCN(S(=O)(=O)c3ccc(C(C)C)cc3)CC2)c(C)c1[N+](=O)[O-]. The molecule has 0 atom stereocenters. The van der Waals surface area contributed by atoms with Gasteiger partial charge in [0.05, 0.1) is 36.0 Å². The van der Waals surface area contributed by atoms with Gasteiger partial charge in [-0.2, -0.15) is 9.40 Å². The number of piperazine rings is 1. The zero-order chi connectivity index (χ0) is 21.3. The molecule has 1 fully saturated rings. The molecular weight excluding hydrogens is 394 g/mol. The number of nitrogens with one attached hydrogen (secondary N) is 1. The van der Waals surface area contributed by atoms with Crippen molar-refractivity contribution in [3.63, 3.8) is 0 Å². The number of hydrogen-bond donors (Lipinski definition) is 1. The number of aryl methyl sites for hydroxylation is 1. The minimum atomic E-state index is -3.51. The van der Waals surface area contributed by atoms with Crippen LogP contribution in [-0.4, -0.2) is 53.6 Å². The van der Waals surface area contributed by atoms with Crippen molar-refractivity contribution in [2.45, 2.75) is 45.2 Å². The van der Waals surface area contributed by atoms with Crippen LogP contribution in [0.5, 0.6) is 0 Å². The molecule has 0 saturated carbocycles. The maximum absolute atomic E-state index is 12.9. The Morgan fingerprint density at radius 3 is 2.24 bits per heavy atom. The van der Waals surface area contributed by atoms with Crippen LogP contribution in [0.15, 0.2) is 29.2 Å². The lowest BCUT2D eigenvalue weighted by atomic mass is 10.0. The van der Waals surface area contributed by atoms with E-state index in [4.69, 9.17) is 0 Å². The summed E-state index contributed by atoms with van der Waals surface area (Å²) in [6.07, 6.45) is 0. The van der Waals surface area contributed by atoms with Gasteiger partial charge in [0.2, 0.25) is 10.0 Å². The van der Waals surface area contributed by atoms with Gasteiger partial charge in [-0.1, -0.05) is 26.0 Å². The molecule has 2 heterocycles. The van der Waals surface area contributed by atoms with E-state index in [1.807, 2.05) is 12.1 Å². The van der Waals surface area contributed by atoms with Gasteiger partial charge in [0.1, 0.15) is 11.4 Å². The van der Waals surface area contributed by atoms with Gasteiger partial charge in [0.15, 0.2) is 6.67 Å². The summed E-state index contributed by atoms with van der Waals surface area (Å²) in [7, 11) is -3.51. The topological polar surface area (TPSA) is 103 Å². The number of nitrogens with zero attached hydrogens (tertiary/aromatic N) is 4. The van der Waals surface area contributed by atoms with E-state index in [-0.39, 0.29) is 5.69 Å². The first-order valence-electron chi connectivity index (χ1n) is 9.73. The van der Waals surface area contributed by atoms with Gasteiger partial charge in [-0.05, 0) is 37.5 Å². The molecule has 0 unspecified atom stereocenters. The molecule has 9 nitrogen and oxygen atoms in total. The second kappa shape index (κ2) is 8.21. The average Bonchev–Trinajstić information content (AvgIpc) is 2.95. The minimum absolute atomic E-state index is 0.0514. The molecule has 0 radical (unpaired) electrons. The van der Waals surface area contributed by atoms with Crippen LogP contribution in [0.25, 0.3) is 0 Å². The van der Waals surface area contributed by atoms with Crippen molar-refractivity contribution < 1.29 is 18.2 Å². The molecule has 158 valence electrons. The fourth-order valence-corrected chi connectivity index (χ4v) is 5.13. The van der Waals surface area contributed by atoms with E-state index in [9.17, 15) is 18.5 Å². The van der Waals surface area contributed by atoms with E-state index in [0.29, 0.717) is 55.0 Å². The van der Waals surface area contributed by atoms with Gasteiger partial charge in [-0.25, -0.2) is 13.1 Å². The molecule has 1 saturated heterocycles. The summed E-state index contributed by atoms with van der Waals surface area (Å²) in [5.41, 5.74) is 2.09. The summed E-state index contributed by atoms with van der Waals surface area (Å²) in [4.78, 5) is 12.2. The first-order valence-corrected chi connectivity index (χ1v) is 11.2. The Hall–Kier alpha value is -2.30. The molecule has 0 amide bonds. The first-order chi connectivity index (χ1) is 13.6. The molecule has 1 aromatic heterocycles. The highest BCUT2D eigenvalue weighted by Gasteiger charge is 2.31. The predicted molar refractivity (Wildman–Crippen MR) is 108 cm³/mol. The standard InChI is InChI=1S/C19H27N5O4S/c1-14(2)17-5-7-18(8-6-17)29(27,28)22-11-9-21(10-12-22)13-23-16(4)19(24(25)26)15(3)20-23/h5-8,14H,9-13H2,1-4H3/p+1. The lowest BCUT2D eigenvalue weighted by Gasteiger charge is -2.31. The van der Waals surface area contributed by atoms with Crippen LogP contribution >= 0.6 is 0 Å². The van der Waals surface area contributed by atoms with Gasteiger partial charge in [-0.3, -0.25) is 10.1 Å². The lowest BCUT2D eigenvalue weighted by Crippen LogP contribution is -3.14. The van der Waals surface area contributed by atoms with Gasteiger partial charge in [0, 0.05) is 0 Å². The van der Waals surface area contributed by atoms with Gasteiger partial charge < -0.3 is 4.90 Å². The summed E-state index contributed by atoms with van der Waals surface area (Å²) < 4.78 is 29.0. The Labute approximate surface area is 171 Å². The summed E-state index contributed by atoms with van der Waals surface area (Å²) in [5.74, 6) is 0.351. The Balaban J connectivity index is 1.66. The van der Waals surface area contributed by atoms with E-state index < -0.39 is 14.9 Å². The number of rotatable bonds is 6. The highest BCUT2D eigenvalue weighted by molar-refractivity contribution is 7.89. The van der Waals surface area contributed by atoms with E-state index in [1.54, 1.807) is 30.7 Å². The monoisotopic (exact) mass is 422 g/mol. The fourth-order valence-electron chi connectivity index (χ4n) is 3.69. The highest BCUT2D eigenvalue weighted by atomic mass is 32.2. The molecule has 1 N–H and O–H groups in total. The van der Waals surface area contributed by atoms with Crippen molar-refractivity contribution in [1.82, 2.24) is 14.1 Å². The van der Waals surface area contributed by atoms with Gasteiger partial charge in [-0.15, -0.1) is 0 Å². The number of benzene rings is 1. The lowest BCUT2D eigenvalue weighted by molar-refractivity contribution is -0.926. The highest BCUT2D eigenvalue weighted by Crippen LogP contribution is 2.22. The van der Waals surface area contributed by atoms with E-state index in [0.717, 1.165) is 10.5 Å². The van der Waals surface area contributed by atoms with Crippen LogP contribution in [0.3, 0.4) is 0 Å². The van der Waals surface area contributed by atoms with E-state index >= 15 is 0 Å². The van der Waals surface area contributed by atoms with Crippen LogP contribution in [-0.2, 0) is 16.7 Å². The van der Waals surface area contributed by atoms with Crippen molar-refractivity contribution in [2.75, 3.05) is 26.2 Å². The second-order valence-electron chi connectivity index (χ2n) is 7.81. The van der Waals surface area contributed by atoms with Crippen molar-refractivity contribution in [1.29, 1.82) is 0 Å². The van der Waals surface area contributed by atoms with Crippen molar-refractivity contribution in [3.8, 4) is 0 Å². The van der Waals surface area contributed by atoms with Crippen molar-refractivity contribution in [2.24, 2.45) is 0 Å². The molecule has 10 heteroatoms. The third-order valence-electron chi connectivity index (χ3n) is 5.51. The van der Waals surface area contributed by atoms with Crippen LogP contribution in [0.4, 0.5) is 5.69 Å². The molecule has 29 heavy (non-hydrogen) atoms. The molecule has 0 bridgehead atoms. The van der Waals surface area contributed by atoms with Gasteiger partial charge in [0.25, 0.3) is 0 Å². The average molecular weight is 423 g/mol. The zero-order valence-corrected chi connectivity index (χ0v) is 18.1. The molecular formula is C19H28N5O4S+. The quantitative estimate of drug-likeness (QED) is 0.554. The van der Waals surface area contributed by atoms with Crippen LogP contribution in [0.2, 0.25) is 0 Å². The number of hydrogen-bond acceptors (Lipinski definition) is 5. The Morgan fingerprint density at radius 1 is 1.17 bits per heavy atom. The zero-order valence-electron chi connectivity index (χ0n) is 17.3. The Bertz CT molecular complexity index is 990. The van der Waals surface area contributed by atoms with Crippen molar-refractivity contribution in [3.05, 3.63) is 51.3 Å². The molecule has 3 rings (SSSR count). The number of quaternary nitrogens is 1. The number of sulfonamides is 1. The third kappa shape index (κ3) is 4.34. The molecule has 0 spiro atoms. The summed E-state index contributed by atoms with van der Waals surface area (Å²) in [5, 5.41) is 15.5. The molecule has 1 aliphatic rings. The molecule has 2 aromatic rings. The van der Waals surface area contributed by atoms with E-state index in [2.05, 4.69) is 18.9 Å². The predicted octanol–water partition coefficient (Wildman–Crippen LogP) is 1.08. The molecule has 1 aliphatic heterocycles. The minimum Gasteiger partial charge on any atom is -0.314 e. The first kappa shape index (κ1) is 21.4. The summed E-state index contributed by atoms with van der Waals surface area (Å²) >= 11 is 0. The number of nitro groups is 1. The van der Waals surface area contributed by atoms with Crippen LogP contribution in [0.1, 0.15) is 36.7 Å². The smallest absolute Gasteiger partial charge is 0.312 e. The Morgan fingerprint density at radius 2 is 1.76 bits per heavy atom. The van der Waals surface area contributed by atoms with Gasteiger partial charge >= 0.3 is 5.69 Å². The largest absolute Gasteiger partial charge is 0.314 e. The maximum Gasteiger partial charge on any atom is 0.312 e. The third-order valence-corrected chi connectivity index (χ3v) is 7.43. The normalized spacial score (nSPS) is 16.4. The molecule has 1 aromatic carbocycles. The Kier molecular flexibility index (Phi) is 6.06. The maximum atomic E-state index is 12.9. The number of aromatic nitrogens is 2. The van der Waals surface area contributed by atoms with Crippen LogP contribution in [0, 0.1) is 24.0 Å². The fraction of sp³-hybridized carbons (Fsp3) is 0.526. The van der Waals surface area contributed by atoms with Crippen molar-refractivity contribution >= 4 is 15.7 Å².